The summed E-state index contributed by atoms with van der Waals surface area (Å²) in [6, 6.07) is -0.917. The molecule has 0 aromatic carbocycles. The van der Waals surface area contributed by atoms with Crippen molar-refractivity contribution < 1.29 is 32.9 Å². The maximum Gasteiger partial charge on any atom is 0.268 e. The van der Waals surface area contributed by atoms with E-state index >= 15 is 0 Å². The number of likely N-dealkylation sites (N-methyl/N-ethyl adjacent to an activating group) is 1. The predicted octanol–water partition coefficient (Wildman–Crippen LogP) is 10.8. The summed E-state index contributed by atoms with van der Waals surface area (Å²) in [4.78, 5) is 25.2. The normalized spacial score (nSPS) is 15.1. The molecule has 53 heavy (non-hydrogen) atoms. The third-order valence-electron chi connectivity index (χ3n) is 8.91. The van der Waals surface area contributed by atoms with Crippen molar-refractivity contribution >= 4 is 13.7 Å². The number of carbonyl (C=O) groups excluding carboxylic acids is 1. The second kappa shape index (κ2) is 35.9. The van der Waals surface area contributed by atoms with Crippen molar-refractivity contribution in [1.82, 2.24) is 5.32 Å². The largest absolute Gasteiger partial charge is 0.756 e. The van der Waals surface area contributed by atoms with Crippen LogP contribution in [0.5, 0.6) is 0 Å². The number of aliphatic hydroxyl groups excluding tert-OH is 1. The number of aliphatic hydroxyl groups is 1. The van der Waals surface area contributed by atoms with Gasteiger partial charge in [-0.25, -0.2) is 0 Å². The number of carbonyl (C=O) groups is 1. The quantitative estimate of drug-likeness (QED) is 0.0282. The van der Waals surface area contributed by atoms with Gasteiger partial charge in [0.25, 0.3) is 7.82 Å². The van der Waals surface area contributed by atoms with Crippen LogP contribution in [0.3, 0.4) is 0 Å². The van der Waals surface area contributed by atoms with Crippen LogP contribution in [-0.4, -0.2) is 68.5 Å². The molecule has 0 saturated carbocycles. The molecule has 0 bridgehead atoms. The number of phosphoric ester groups is 1. The van der Waals surface area contributed by atoms with Crippen LogP contribution in [-0.2, 0) is 18.4 Å². The molecule has 0 aliphatic rings. The summed E-state index contributed by atoms with van der Waals surface area (Å²) in [6.45, 7) is 4.51. The average molecular weight is 765 g/mol. The van der Waals surface area contributed by atoms with Crippen molar-refractivity contribution in [3.63, 3.8) is 0 Å². The van der Waals surface area contributed by atoms with Crippen LogP contribution >= 0.6 is 7.82 Å². The van der Waals surface area contributed by atoms with E-state index in [2.05, 4.69) is 67.8 Å². The molecule has 1 amide bonds. The van der Waals surface area contributed by atoms with Gasteiger partial charge in [-0.3, -0.25) is 9.36 Å². The van der Waals surface area contributed by atoms with Crippen LogP contribution in [0, 0.1) is 0 Å². The van der Waals surface area contributed by atoms with Gasteiger partial charge in [-0.05, 0) is 70.6 Å². The van der Waals surface area contributed by atoms with Gasteiger partial charge in [0.1, 0.15) is 13.2 Å². The lowest BCUT2D eigenvalue weighted by Crippen LogP contribution is -2.45. The summed E-state index contributed by atoms with van der Waals surface area (Å²) in [5.74, 6) is -0.230. The van der Waals surface area contributed by atoms with E-state index < -0.39 is 26.6 Å². The first-order valence-corrected chi connectivity index (χ1v) is 22.6. The maximum absolute atomic E-state index is 12.8. The smallest absolute Gasteiger partial charge is 0.268 e. The number of amides is 1. The van der Waals surface area contributed by atoms with E-state index in [1.165, 1.54) is 64.2 Å². The zero-order valence-electron chi connectivity index (χ0n) is 34.7. The molecular formula is C44H81N2O6P. The number of hydrogen-bond donors (Lipinski definition) is 2. The van der Waals surface area contributed by atoms with Gasteiger partial charge < -0.3 is 28.8 Å². The van der Waals surface area contributed by atoms with Crippen LogP contribution < -0.4 is 10.2 Å². The van der Waals surface area contributed by atoms with Gasteiger partial charge in [-0.15, -0.1) is 0 Å². The Bertz CT molecular complexity index is 1050. The lowest BCUT2D eigenvalue weighted by Gasteiger charge is -2.29. The van der Waals surface area contributed by atoms with E-state index in [4.69, 9.17) is 9.05 Å². The highest BCUT2D eigenvalue weighted by molar-refractivity contribution is 7.45. The molecule has 8 nitrogen and oxygen atoms in total. The predicted molar refractivity (Wildman–Crippen MR) is 224 cm³/mol. The number of nitrogens with zero attached hydrogens (tertiary/aromatic N) is 1. The molecular weight excluding hydrogens is 683 g/mol. The SMILES string of the molecule is CCC/C=C\C/C=C\CCCCCCCC(=O)NC(COP(=O)([O-])OCC[N+](C)(C)C)C(O)/C=C/CC/C=C/CC/C=C/CCCCCCCCCC. The first-order valence-electron chi connectivity index (χ1n) is 21.2. The Morgan fingerprint density at radius 3 is 1.72 bits per heavy atom. The number of nitrogens with one attached hydrogen (secondary N) is 1. The molecule has 2 N–H and O–H groups in total. The van der Waals surface area contributed by atoms with Crippen LogP contribution in [0.4, 0.5) is 0 Å². The van der Waals surface area contributed by atoms with Gasteiger partial charge in [0.2, 0.25) is 5.91 Å². The highest BCUT2D eigenvalue weighted by Gasteiger charge is 2.23. The zero-order chi connectivity index (χ0) is 39.3. The van der Waals surface area contributed by atoms with E-state index in [0.29, 0.717) is 17.4 Å². The summed E-state index contributed by atoms with van der Waals surface area (Å²) in [5.41, 5.74) is 0. The molecule has 308 valence electrons. The Morgan fingerprint density at radius 2 is 1.15 bits per heavy atom. The van der Waals surface area contributed by atoms with E-state index in [1.807, 2.05) is 27.2 Å². The van der Waals surface area contributed by atoms with E-state index in [9.17, 15) is 19.4 Å². The minimum Gasteiger partial charge on any atom is -0.756 e. The molecule has 0 aromatic rings. The van der Waals surface area contributed by atoms with E-state index in [1.54, 1.807) is 6.08 Å². The van der Waals surface area contributed by atoms with E-state index in [0.717, 1.165) is 77.0 Å². The van der Waals surface area contributed by atoms with Gasteiger partial charge in [0.05, 0.1) is 39.9 Å². The van der Waals surface area contributed by atoms with Crippen molar-refractivity contribution in [3.05, 3.63) is 60.8 Å². The van der Waals surface area contributed by atoms with Crippen molar-refractivity contribution in [1.29, 1.82) is 0 Å². The number of quaternary nitrogens is 1. The Morgan fingerprint density at radius 1 is 0.660 bits per heavy atom. The second-order valence-electron chi connectivity index (χ2n) is 15.3. The molecule has 0 fully saturated rings. The minimum atomic E-state index is -4.60. The third kappa shape index (κ3) is 38.3. The second-order valence-corrected chi connectivity index (χ2v) is 16.7. The highest BCUT2D eigenvalue weighted by Crippen LogP contribution is 2.38. The lowest BCUT2D eigenvalue weighted by atomic mass is 10.1. The molecule has 0 saturated heterocycles. The van der Waals surface area contributed by atoms with Gasteiger partial charge in [-0.1, -0.05) is 145 Å². The van der Waals surface area contributed by atoms with Crippen LogP contribution in [0.15, 0.2) is 60.8 Å². The Balaban J connectivity index is 4.58. The summed E-state index contributed by atoms with van der Waals surface area (Å²) in [6.07, 6.45) is 45.5. The molecule has 0 rings (SSSR count). The van der Waals surface area contributed by atoms with Crippen LogP contribution in [0.1, 0.15) is 162 Å². The first kappa shape index (κ1) is 51.2. The van der Waals surface area contributed by atoms with Gasteiger partial charge in [0, 0.05) is 6.42 Å². The number of rotatable bonds is 37. The molecule has 0 aliphatic heterocycles. The molecule has 3 unspecified atom stereocenters. The standard InChI is InChI=1S/C44H81N2O6P/c1-6-8-10-12-14-16-18-20-21-22-23-24-26-27-29-31-33-35-37-43(47)42(41-52-53(49,50)51-40-39-46(3,4)5)45-44(48)38-36-34-32-30-28-25-19-17-15-13-11-9-7-2/h11,13,17,19,22-23,27,29,35,37,42-43,47H,6-10,12,14-16,18,20-21,24-26,28,30-34,36,38-41H2,1-5H3,(H-,45,48,49,50)/b13-11-,19-17-,23-22+,29-27+,37-35+. The Hall–Kier alpha value is -1.80. The Kier molecular flexibility index (Phi) is 34.7. The number of hydrogen-bond acceptors (Lipinski definition) is 6. The summed E-state index contributed by atoms with van der Waals surface area (Å²) < 4.78 is 23.1. The van der Waals surface area contributed by atoms with Crippen molar-refractivity contribution in [2.45, 2.75) is 174 Å². The van der Waals surface area contributed by atoms with Crippen molar-refractivity contribution in [2.24, 2.45) is 0 Å². The minimum absolute atomic E-state index is 0.0143. The fraction of sp³-hybridized carbons (Fsp3) is 0.750. The number of allylic oxidation sites excluding steroid dienone is 9. The number of phosphoric acid groups is 1. The first-order chi connectivity index (χ1) is 25.5. The molecule has 0 aliphatic carbocycles. The van der Waals surface area contributed by atoms with Crippen LogP contribution in [0.2, 0.25) is 0 Å². The monoisotopic (exact) mass is 765 g/mol. The van der Waals surface area contributed by atoms with Crippen molar-refractivity contribution in [2.75, 3.05) is 40.9 Å². The topological polar surface area (TPSA) is 108 Å². The summed E-state index contributed by atoms with van der Waals surface area (Å²) in [5, 5.41) is 13.7. The molecule has 3 atom stereocenters. The fourth-order valence-corrected chi connectivity index (χ4v) is 6.24. The van der Waals surface area contributed by atoms with Crippen molar-refractivity contribution in [3.8, 4) is 0 Å². The molecule has 0 spiro atoms. The fourth-order valence-electron chi connectivity index (χ4n) is 5.51. The third-order valence-corrected chi connectivity index (χ3v) is 9.87. The maximum atomic E-state index is 12.8. The summed E-state index contributed by atoms with van der Waals surface area (Å²) in [7, 11) is 1.21. The molecule has 0 heterocycles. The number of unbranched alkanes of at least 4 members (excludes halogenated alkanes) is 16. The highest BCUT2D eigenvalue weighted by atomic mass is 31.2. The van der Waals surface area contributed by atoms with Gasteiger partial charge in [0.15, 0.2) is 0 Å². The average Bonchev–Trinajstić information content (AvgIpc) is 3.10. The van der Waals surface area contributed by atoms with E-state index in [-0.39, 0.29) is 12.5 Å². The molecule has 9 heteroatoms. The summed E-state index contributed by atoms with van der Waals surface area (Å²) >= 11 is 0. The van der Waals surface area contributed by atoms with Gasteiger partial charge >= 0.3 is 0 Å². The Labute approximate surface area is 326 Å². The molecule has 0 aromatic heterocycles. The zero-order valence-corrected chi connectivity index (χ0v) is 35.6. The van der Waals surface area contributed by atoms with Crippen LogP contribution in [0.25, 0.3) is 0 Å². The molecule has 0 radical (unpaired) electrons. The lowest BCUT2D eigenvalue weighted by molar-refractivity contribution is -0.870. The van der Waals surface area contributed by atoms with Gasteiger partial charge in [-0.2, -0.15) is 0 Å².